The monoisotopic (exact) mass is 544 g/mol. The average Bonchev–Trinajstić information content (AvgIpc) is 3.56. The molecular weight excluding hydrogens is 508 g/mol. The molecule has 0 radical (unpaired) electrons. The molecule has 0 aliphatic carbocycles. The van der Waals surface area contributed by atoms with Gasteiger partial charge >= 0.3 is 0 Å². The van der Waals surface area contributed by atoms with Gasteiger partial charge in [0.25, 0.3) is 11.8 Å². The molecule has 2 saturated heterocycles. The Morgan fingerprint density at radius 2 is 1.70 bits per heavy atom. The van der Waals surface area contributed by atoms with Gasteiger partial charge in [-0.25, -0.2) is 8.42 Å². The number of piperidine rings is 1. The average molecular weight is 545 g/mol. The fourth-order valence-electron chi connectivity index (χ4n) is 5.45. The van der Waals surface area contributed by atoms with Crippen molar-refractivity contribution in [3.05, 3.63) is 45.8 Å². The second kappa shape index (κ2) is 10.8. The Morgan fingerprint density at radius 3 is 2.35 bits per heavy atom. The number of thiophene rings is 1. The van der Waals surface area contributed by atoms with E-state index in [1.54, 1.807) is 12.1 Å². The highest BCUT2D eigenvalue weighted by molar-refractivity contribution is 7.89. The third-order valence-corrected chi connectivity index (χ3v) is 11.0. The number of carbonyl (C=O) groups is 2. The lowest BCUT2D eigenvalue weighted by molar-refractivity contribution is 0.0792. The first kappa shape index (κ1) is 26.3. The second-order valence-electron chi connectivity index (χ2n) is 10.4. The van der Waals surface area contributed by atoms with Crippen LogP contribution >= 0.6 is 11.3 Å². The zero-order valence-electron chi connectivity index (χ0n) is 21.7. The molecule has 1 aromatic heterocycles. The van der Waals surface area contributed by atoms with Crippen LogP contribution in [0.5, 0.6) is 0 Å². The summed E-state index contributed by atoms with van der Waals surface area (Å²) in [5, 5.41) is 3.60. The van der Waals surface area contributed by atoms with Gasteiger partial charge in [-0.15, -0.1) is 11.3 Å². The minimum absolute atomic E-state index is 0.00698. The Morgan fingerprint density at radius 1 is 1.03 bits per heavy atom. The van der Waals surface area contributed by atoms with Crippen LogP contribution in [0.1, 0.15) is 70.7 Å². The number of amides is 2. The van der Waals surface area contributed by atoms with Gasteiger partial charge in [0.2, 0.25) is 10.0 Å². The quantitative estimate of drug-likeness (QED) is 0.593. The highest BCUT2D eigenvalue weighted by Gasteiger charge is 2.32. The molecule has 5 rings (SSSR count). The molecule has 8 nitrogen and oxygen atoms in total. The van der Waals surface area contributed by atoms with E-state index in [-0.39, 0.29) is 16.7 Å². The van der Waals surface area contributed by atoms with Crippen molar-refractivity contribution in [1.29, 1.82) is 0 Å². The van der Waals surface area contributed by atoms with Gasteiger partial charge in [0, 0.05) is 49.7 Å². The number of sulfonamides is 1. The smallest absolute Gasteiger partial charge is 0.257 e. The van der Waals surface area contributed by atoms with Gasteiger partial charge in [-0.3, -0.25) is 14.5 Å². The van der Waals surface area contributed by atoms with Crippen molar-refractivity contribution in [2.24, 2.45) is 5.92 Å². The van der Waals surface area contributed by atoms with Gasteiger partial charge in [-0.05, 0) is 74.4 Å². The third kappa shape index (κ3) is 5.34. The fourth-order valence-corrected chi connectivity index (χ4v) is 8.19. The van der Waals surface area contributed by atoms with Crippen molar-refractivity contribution < 1.29 is 18.0 Å². The maximum absolute atomic E-state index is 13.5. The van der Waals surface area contributed by atoms with E-state index in [0.29, 0.717) is 35.1 Å². The molecule has 3 aliphatic rings. The number of likely N-dealkylation sites (N-methyl/N-ethyl adjacent to an activating group) is 1. The summed E-state index contributed by atoms with van der Waals surface area (Å²) in [6, 6.07) is 6.14. The minimum atomic E-state index is -3.58. The standard InChI is InChI=1S/C27H36N4O4S2/c1-3-29-15-12-22-23(18-29)36-26(24(22)27(33)30-13-4-5-14-30)28-25(32)20-6-8-21(9-7-20)37(34,35)31-16-10-19(2)11-17-31/h6-9,19H,3-5,10-18H2,1-2H3,(H,28,32). The van der Waals surface area contributed by atoms with Gasteiger partial charge in [-0.1, -0.05) is 13.8 Å². The van der Waals surface area contributed by atoms with E-state index in [1.165, 1.54) is 27.8 Å². The van der Waals surface area contributed by atoms with Crippen molar-refractivity contribution in [2.75, 3.05) is 44.6 Å². The first-order valence-electron chi connectivity index (χ1n) is 13.4. The maximum atomic E-state index is 13.5. The van der Waals surface area contributed by atoms with Crippen molar-refractivity contribution in [1.82, 2.24) is 14.1 Å². The lowest BCUT2D eigenvalue weighted by Gasteiger charge is -2.29. The molecule has 0 spiro atoms. The van der Waals surface area contributed by atoms with Gasteiger partial charge in [-0.2, -0.15) is 4.31 Å². The molecule has 37 heavy (non-hydrogen) atoms. The number of hydrogen-bond acceptors (Lipinski definition) is 6. The SMILES string of the molecule is CCN1CCc2c(sc(NC(=O)c3ccc(S(=O)(=O)N4CCC(C)CC4)cc3)c2C(=O)N2CCCC2)C1. The van der Waals surface area contributed by atoms with E-state index in [0.717, 1.165) is 75.3 Å². The normalized spacial score (nSPS) is 19.7. The van der Waals surface area contributed by atoms with Crippen LogP contribution in [-0.2, 0) is 23.0 Å². The topological polar surface area (TPSA) is 90.0 Å². The van der Waals surface area contributed by atoms with Gasteiger partial charge in [0.15, 0.2) is 0 Å². The Bertz CT molecular complexity index is 1260. The first-order valence-corrected chi connectivity index (χ1v) is 15.6. The lowest BCUT2D eigenvalue weighted by atomic mass is 10.0. The Balaban J connectivity index is 1.37. The molecule has 0 saturated carbocycles. The van der Waals surface area contributed by atoms with E-state index >= 15 is 0 Å². The Hall–Kier alpha value is -2.27. The Labute approximate surface area is 223 Å². The van der Waals surface area contributed by atoms with Crippen LogP contribution in [-0.4, -0.2) is 73.6 Å². The van der Waals surface area contributed by atoms with E-state index in [1.807, 2.05) is 4.90 Å². The zero-order chi connectivity index (χ0) is 26.2. The summed E-state index contributed by atoms with van der Waals surface area (Å²) in [6.07, 6.45) is 4.54. The molecule has 0 unspecified atom stereocenters. The molecule has 0 atom stereocenters. The summed E-state index contributed by atoms with van der Waals surface area (Å²) in [5.41, 5.74) is 2.08. The van der Waals surface area contributed by atoms with Crippen LogP contribution in [0.25, 0.3) is 0 Å². The number of fused-ring (bicyclic) bond motifs is 1. The number of anilines is 1. The van der Waals surface area contributed by atoms with Crippen LogP contribution in [0.3, 0.4) is 0 Å². The summed E-state index contributed by atoms with van der Waals surface area (Å²) in [4.78, 5) is 32.3. The lowest BCUT2D eigenvalue weighted by Crippen LogP contribution is -2.37. The molecule has 2 fully saturated rings. The van der Waals surface area contributed by atoms with E-state index in [9.17, 15) is 18.0 Å². The van der Waals surface area contributed by atoms with Crippen LogP contribution in [0.15, 0.2) is 29.2 Å². The van der Waals surface area contributed by atoms with E-state index < -0.39 is 10.0 Å². The van der Waals surface area contributed by atoms with E-state index in [2.05, 4.69) is 24.1 Å². The van der Waals surface area contributed by atoms with Gasteiger partial charge < -0.3 is 10.2 Å². The number of nitrogens with one attached hydrogen (secondary N) is 1. The molecule has 2 aromatic rings. The highest BCUT2D eigenvalue weighted by atomic mass is 32.2. The second-order valence-corrected chi connectivity index (χ2v) is 13.4. The number of rotatable bonds is 6. The van der Waals surface area contributed by atoms with Gasteiger partial charge in [0.05, 0.1) is 10.5 Å². The Kier molecular flexibility index (Phi) is 7.72. The van der Waals surface area contributed by atoms with Crippen molar-refractivity contribution in [3.63, 3.8) is 0 Å². The third-order valence-electron chi connectivity index (χ3n) is 7.91. The molecule has 3 aliphatic heterocycles. The minimum Gasteiger partial charge on any atom is -0.339 e. The number of nitrogens with zero attached hydrogens (tertiary/aromatic N) is 3. The van der Waals surface area contributed by atoms with Crippen LogP contribution in [0.2, 0.25) is 0 Å². The predicted molar refractivity (Wildman–Crippen MR) is 146 cm³/mol. The molecule has 0 bridgehead atoms. The molecule has 1 aromatic carbocycles. The molecule has 4 heterocycles. The molecule has 1 N–H and O–H groups in total. The number of hydrogen-bond donors (Lipinski definition) is 1. The van der Waals surface area contributed by atoms with E-state index in [4.69, 9.17) is 0 Å². The molecule has 200 valence electrons. The number of benzene rings is 1. The summed E-state index contributed by atoms with van der Waals surface area (Å²) < 4.78 is 27.6. The maximum Gasteiger partial charge on any atom is 0.257 e. The molecular formula is C27H36N4O4S2. The molecule has 2 amide bonds. The van der Waals surface area contributed by atoms with Crippen molar-refractivity contribution in [2.45, 2.75) is 57.4 Å². The predicted octanol–water partition coefficient (Wildman–Crippen LogP) is 4.04. The van der Waals surface area contributed by atoms with Gasteiger partial charge in [0.1, 0.15) is 5.00 Å². The summed E-state index contributed by atoms with van der Waals surface area (Å²) in [6.45, 7) is 9.47. The van der Waals surface area contributed by atoms with Crippen molar-refractivity contribution >= 4 is 38.2 Å². The number of carbonyl (C=O) groups excluding carboxylic acids is 2. The first-order chi connectivity index (χ1) is 17.8. The van der Waals surface area contributed by atoms with Crippen LogP contribution < -0.4 is 5.32 Å². The summed E-state index contributed by atoms with van der Waals surface area (Å²) >= 11 is 1.49. The zero-order valence-corrected chi connectivity index (χ0v) is 23.3. The fraction of sp³-hybridized carbons (Fsp3) is 0.556. The highest BCUT2D eigenvalue weighted by Crippen LogP contribution is 2.38. The van der Waals surface area contributed by atoms with Crippen LogP contribution in [0.4, 0.5) is 5.00 Å². The summed E-state index contributed by atoms with van der Waals surface area (Å²) in [7, 11) is -3.58. The van der Waals surface area contributed by atoms with Crippen molar-refractivity contribution in [3.8, 4) is 0 Å². The molecule has 10 heteroatoms. The van der Waals surface area contributed by atoms with Crippen LogP contribution in [0, 0.1) is 5.92 Å². The largest absolute Gasteiger partial charge is 0.339 e. The number of likely N-dealkylation sites (tertiary alicyclic amines) is 1. The summed E-state index contributed by atoms with van der Waals surface area (Å²) in [5.74, 6) is 0.206.